The Bertz CT molecular complexity index is 1380. The minimum absolute atomic E-state index is 0.000253. The summed E-state index contributed by atoms with van der Waals surface area (Å²) in [5, 5.41) is 19.7. The van der Waals surface area contributed by atoms with Gasteiger partial charge in [-0.2, -0.15) is 0 Å². The van der Waals surface area contributed by atoms with Crippen LogP contribution >= 0.6 is 0 Å². The number of anilines is 1. The molecule has 212 valence electrons. The van der Waals surface area contributed by atoms with Gasteiger partial charge in [0, 0.05) is 32.6 Å². The number of rotatable bonds is 12. The Hall–Kier alpha value is -2.96. The number of methoxy groups -OCH3 is 2. The molecule has 0 radical (unpaired) electrons. The SMILES string of the molecule is COc1cccc(OC)c1-n1c(-c2cncc(C)c2)nnc1N(CC[Si](C)(C)C)S(=O)(=O)C[C@H](O)C1CCC1. The van der Waals surface area contributed by atoms with Crippen LogP contribution in [-0.4, -0.2) is 74.0 Å². The standard InChI is InChI=1S/C27H39N5O5SSi/c1-19-15-21(17-28-16-19)26-29-30-27(32(26)25-23(36-2)11-8-12-24(25)37-3)31(13-14-39(4,5)6)38(34,35)18-22(33)20-9-7-10-20/h8,11-12,15-17,20,22,33H,7,9-10,13-14,18H2,1-6H3/t22-/m0/s1. The number of para-hydroxylation sites is 1. The van der Waals surface area contributed by atoms with E-state index >= 15 is 0 Å². The van der Waals surface area contributed by atoms with E-state index in [0.29, 0.717) is 34.6 Å². The number of nitrogens with zero attached hydrogens (tertiary/aromatic N) is 5. The van der Waals surface area contributed by atoms with E-state index in [-0.39, 0.29) is 24.2 Å². The van der Waals surface area contributed by atoms with E-state index in [9.17, 15) is 13.5 Å². The summed E-state index contributed by atoms with van der Waals surface area (Å²) in [7, 11) is -2.56. The number of aromatic nitrogens is 4. The van der Waals surface area contributed by atoms with E-state index in [1.807, 2.05) is 13.0 Å². The van der Waals surface area contributed by atoms with Crippen LogP contribution in [-0.2, 0) is 10.0 Å². The first-order valence-corrected chi connectivity index (χ1v) is 18.5. The quantitative estimate of drug-likeness (QED) is 0.319. The molecule has 1 atom stereocenters. The van der Waals surface area contributed by atoms with E-state index in [2.05, 4.69) is 34.8 Å². The van der Waals surface area contributed by atoms with Gasteiger partial charge in [-0.05, 0) is 55.5 Å². The predicted octanol–water partition coefficient (Wildman–Crippen LogP) is 4.29. The molecule has 1 aliphatic rings. The Morgan fingerprint density at radius 1 is 1.13 bits per heavy atom. The third-order valence-corrected chi connectivity index (χ3v) is 10.6. The maximum atomic E-state index is 14.0. The Morgan fingerprint density at radius 3 is 2.33 bits per heavy atom. The number of hydrogen-bond donors (Lipinski definition) is 1. The molecule has 0 aliphatic heterocycles. The molecule has 1 fully saturated rings. The number of pyridine rings is 1. The average molecular weight is 574 g/mol. The topological polar surface area (TPSA) is 120 Å². The van der Waals surface area contributed by atoms with Crippen molar-refractivity contribution in [2.75, 3.05) is 30.8 Å². The molecular formula is C27H39N5O5SSi. The highest BCUT2D eigenvalue weighted by Crippen LogP contribution is 2.39. The Morgan fingerprint density at radius 2 is 1.79 bits per heavy atom. The van der Waals surface area contributed by atoms with Crippen molar-refractivity contribution in [2.24, 2.45) is 5.92 Å². The van der Waals surface area contributed by atoms with Gasteiger partial charge in [0.25, 0.3) is 0 Å². The molecule has 2 aromatic heterocycles. The van der Waals surface area contributed by atoms with Crippen LogP contribution in [0.4, 0.5) is 5.95 Å². The van der Waals surface area contributed by atoms with Crippen LogP contribution < -0.4 is 13.8 Å². The summed E-state index contributed by atoms with van der Waals surface area (Å²) in [6.07, 6.45) is 5.16. The van der Waals surface area contributed by atoms with Crippen LogP contribution in [0.15, 0.2) is 36.7 Å². The minimum atomic E-state index is -3.98. The van der Waals surface area contributed by atoms with Gasteiger partial charge in [0.15, 0.2) is 5.82 Å². The summed E-state index contributed by atoms with van der Waals surface area (Å²) in [4.78, 5) is 4.32. The third-order valence-electron chi connectivity index (χ3n) is 7.10. The molecule has 1 saturated carbocycles. The highest BCUT2D eigenvalue weighted by atomic mass is 32.2. The molecule has 0 unspecified atom stereocenters. The van der Waals surface area contributed by atoms with Crippen molar-refractivity contribution in [3.63, 3.8) is 0 Å². The van der Waals surface area contributed by atoms with Gasteiger partial charge in [0.1, 0.15) is 17.2 Å². The first-order chi connectivity index (χ1) is 18.4. The normalized spacial score (nSPS) is 15.1. The van der Waals surface area contributed by atoms with Crippen LogP contribution in [0.1, 0.15) is 24.8 Å². The highest BCUT2D eigenvalue weighted by Gasteiger charge is 2.37. The summed E-state index contributed by atoms with van der Waals surface area (Å²) in [5.41, 5.74) is 2.06. The molecule has 0 bridgehead atoms. The van der Waals surface area contributed by atoms with Gasteiger partial charge < -0.3 is 14.6 Å². The second kappa shape index (κ2) is 11.6. The monoisotopic (exact) mass is 573 g/mol. The lowest BCUT2D eigenvalue weighted by Gasteiger charge is -2.32. The first kappa shape index (κ1) is 29.0. The number of hydrogen-bond acceptors (Lipinski definition) is 8. The van der Waals surface area contributed by atoms with E-state index in [0.717, 1.165) is 24.8 Å². The van der Waals surface area contributed by atoms with Crippen LogP contribution in [0.25, 0.3) is 17.1 Å². The second-order valence-corrected chi connectivity index (χ2v) is 18.9. The summed E-state index contributed by atoms with van der Waals surface area (Å²) in [6, 6.07) is 7.97. The maximum absolute atomic E-state index is 14.0. The lowest BCUT2D eigenvalue weighted by Crippen LogP contribution is -2.43. The van der Waals surface area contributed by atoms with E-state index < -0.39 is 24.2 Å². The van der Waals surface area contributed by atoms with E-state index in [1.165, 1.54) is 4.31 Å². The highest BCUT2D eigenvalue weighted by molar-refractivity contribution is 7.92. The fraction of sp³-hybridized carbons (Fsp3) is 0.519. The smallest absolute Gasteiger partial charge is 0.246 e. The van der Waals surface area contributed by atoms with E-state index in [4.69, 9.17) is 9.47 Å². The van der Waals surface area contributed by atoms with Crippen molar-refractivity contribution in [1.29, 1.82) is 0 Å². The molecule has 1 N–H and O–H groups in total. The average Bonchev–Trinajstić information content (AvgIpc) is 3.25. The Balaban J connectivity index is 1.95. The van der Waals surface area contributed by atoms with E-state index in [1.54, 1.807) is 49.4 Å². The Kier molecular flexibility index (Phi) is 8.67. The molecule has 2 heterocycles. The summed E-state index contributed by atoms with van der Waals surface area (Å²) in [6.45, 7) is 8.72. The predicted molar refractivity (Wildman–Crippen MR) is 155 cm³/mol. The van der Waals surface area contributed by atoms with Gasteiger partial charge >= 0.3 is 0 Å². The number of aryl methyl sites for hydroxylation is 1. The molecule has 10 nitrogen and oxygen atoms in total. The molecule has 39 heavy (non-hydrogen) atoms. The molecule has 4 rings (SSSR count). The summed E-state index contributed by atoms with van der Waals surface area (Å²) in [5.74, 6) is 1.08. The van der Waals surface area contributed by atoms with Gasteiger partial charge in [-0.15, -0.1) is 10.2 Å². The molecule has 1 aliphatic carbocycles. The lowest BCUT2D eigenvalue weighted by molar-refractivity contribution is 0.0802. The van der Waals surface area contributed by atoms with Crippen molar-refractivity contribution >= 4 is 24.0 Å². The number of aliphatic hydroxyl groups excluding tert-OH is 1. The van der Waals surface area contributed by atoms with Gasteiger partial charge in [-0.1, -0.05) is 32.1 Å². The molecule has 3 aromatic rings. The second-order valence-electron chi connectivity index (χ2n) is 11.3. The van der Waals surface area contributed by atoms with Gasteiger partial charge in [0.05, 0.1) is 26.1 Å². The number of ether oxygens (including phenoxy) is 2. The number of sulfonamides is 1. The zero-order valence-corrected chi connectivity index (χ0v) is 25.4. The van der Waals surface area contributed by atoms with Gasteiger partial charge in [0.2, 0.25) is 16.0 Å². The third kappa shape index (κ3) is 6.44. The van der Waals surface area contributed by atoms with Crippen LogP contribution in [0.3, 0.4) is 0 Å². The van der Waals surface area contributed by atoms with Crippen molar-refractivity contribution in [1.82, 2.24) is 19.7 Å². The van der Waals surface area contributed by atoms with Gasteiger partial charge in [-0.25, -0.2) is 12.7 Å². The fourth-order valence-corrected chi connectivity index (χ4v) is 7.30. The molecular weight excluding hydrogens is 534 g/mol. The van der Waals surface area contributed by atoms with Crippen LogP contribution in [0.5, 0.6) is 11.5 Å². The zero-order chi connectivity index (χ0) is 28.4. The van der Waals surface area contributed by atoms with Crippen LogP contribution in [0.2, 0.25) is 25.7 Å². The molecule has 0 amide bonds. The molecule has 12 heteroatoms. The fourth-order valence-electron chi connectivity index (χ4n) is 4.63. The van der Waals surface area contributed by atoms with Crippen molar-refractivity contribution in [3.05, 3.63) is 42.2 Å². The van der Waals surface area contributed by atoms with Crippen molar-refractivity contribution < 1.29 is 23.0 Å². The van der Waals surface area contributed by atoms with Crippen LogP contribution in [0, 0.1) is 12.8 Å². The molecule has 0 saturated heterocycles. The largest absolute Gasteiger partial charge is 0.494 e. The first-order valence-electron chi connectivity index (χ1n) is 13.2. The molecule has 0 spiro atoms. The van der Waals surface area contributed by atoms with Crippen molar-refractivity contribution in [2.45, 2.75) is 58.0 Å². The summed E-state index contributed by atoms with van der Waals surface area (Å²) < 4.78 is 42.4. The minimum Gasteiger partial charge on any atom is -0.494 e. The van der Waals surface area contributed by atoms with Crippen molar-refractivity contribution in [3.8, 4) is 28.6 Å². The molecule has 1 aromatic carbocycles. The number of aliphatic hydroxyl groups is 1. The zero-order valence-electron chi connectivity index (χ0n) is 23.6. The number of benzene rings is 1. The Labute approximate surface area is 232 Å². The van der Waals surface area contributed by atoms with Gasteiger partial charge in [-0.3, -0.25) is 9.55 Å². The maximum Gasteiger partial charge on any atom is 0.246 e. The lowest BCUT2D eigenvalue weighted by atomic mass is 9.82. The summed E-state index contributed by atoms with van der Waals surface area (Å²) >= 11 is 0.